The van der Waals surface area contributed by atoms with Crippen LogP contribution in [0.2, 0.25) is 0 Å². The highest BCUT2D eigenvalue weighted by atomic mass is 32.2. The van der Waals surface area contributed by atoms with E-state index in [4.69, 9.17) is 4.52 Å². The molecule has 0 aliphatic rings. The molecule has 23 heavy (non-hydrogen) atoms. The Morgan fingerprint density at radius 2 is 2.00 bits per heavy atom. The van der Waals surface area contributed by atoms with E-state index in [9.17, 15) is 12.8 Å². The molecule has 0 saturated heterocycles. The number of sulfonamides is 1. The number of hydrogen-bond donors (Lipinski definition) is 1. The summed E-state index contributed by atoms with van der Waals surface area (Å²) in [7, 11) is -3.60. The fourth-order valence-electron chi connectivity index (χ4n) is 2.27. The van der Waals surface area contributed by atoms with Gasteiger partial charge in [-0.3, -0.25) is 4.72 Å². The Labute approximate surface area is 135 Å². The molecule has 1 aromatic heterocycles. The van der Waals surface area contributed by atoms with Crippen molar-refractivity contribution >= 4 is 15.8 Å². The zero-order valence-electron chi connectivity index (χ0n) is 13.7. The van der Waals surface area contributed by atoms with E-state index in [-0.39, 0.29) is 29.2 Å². The maximum absolute atomic E-state index is 13.1. The summed E-state index contributed by atoms with van der Waals surface area (Å²) >= 11 is 0. The lowest BCUT2D eigenvalue weighted by Crippen LogP contribution is -2.19. The quantitative estimate of drug-likeness (QED) is 0.905. The second-order valence-electron chi connectivity index (χ2n) is 6.54. The van der Waals surface area contributed by atoms with Crippen LogP contribution < -0.4 is 4.72 Å². The lowest BCUT2D eigenvalue weighted by Gasteiger charge is -2.14. The summed E-state index contributed by atoms with van der Waals surface area (Å²) in [6.07, 6.45) is 0.218. The van der Waals surface area contributed by atoms with Crippen molar-refractivity contribution in [2.24, 2.45) is 0 Å². The molecule has 2 rings (SSSR count). The number of rotatable bonds is 5. The minimum absolute atomic E-state index is 0.159. The maximum atomic E-state index is 13.1. The van der Waals surface area contributed by atoms with Crippen molar-refractivity contribution in [2.75, 3.05) is 10.5 Å². The molecule has 0 fully saturated rings. The molecule has 1 aromatic carbocycles. The van der Waals surface area contributed by atoms with Crippen LogP contribution in [0.5, 0.6) is 0 Å². The van der Waals surface area contributed by atoms with Crippen molar-refractivity contribution in [3.05, 3.63) is 47.0 Å². The van der Waals surface area contributed by atoms with E-state index in [1.54, 1.807) is 19.1 Å². The number of nitrogens with one attached hydrogen (secondary N) is 1. The molecule has 0 radical (unpaired) electrons. The molecule has 1 heterocycles. The van der Waals surface area contributed by atoms with Crippen LogP contribution in [0, 0.1) is 12.7 Å². The van der Waals surface area contributed by atoms with Crippen LogP contribution in [0.1, 0.15) is 37.7 Å². The predicted molar refractivity (Wildman–Crippen MR) is 87.5 cm³/mol. The first-order valence-electron chi connectivity index (χ1n) is 7.30. The van der Waals surface area contributed by atoms with Gasteiger partial charge >= 0.3 is 0 Å². The Morgan fingerprint density at radius 3 is 2.57 bits per heavy atom. The Hall–Kier alpha value is -1.89. The molecule has 0 aliphatic carbocycles. The van der Waals surface area contributed by atoms with Crippen molar-refractivity contribution in [3.8, 4) is 0 Å². The first-order chi connectivity index (χ1) is 10.6. The van der Waals surface area contributed by atoms with Gasteiger partial charge < -0.3 is 4.52 Å². The van der Waals surface area contributed by atoms with E-state index in [2.05, 4.69) is 9.88 Å². The number of halogens is 1. The van der Waals surface area contributed by atoms with E-state index in [1.807, 2.05) is 20.8 Å². The summed E-state index contributed by atoms with van der Waals surface area (Å²) < 4.78 is 45.2. The van der Waals surface area contributed by atoms with Crippen molar-refractivity contribution in [2.45, 2.75) is 39.5 Å². The average Bonchev–Trinajstić information content (AvgIpc) is 2.77. The van der Waals surface area contributed by atoms with Gasteiger partial charge in [-0.2, -0.15) is 0 Å². The molecule has 7 heteroatoms. The van der Waals surface area contributed by atoms with Gasteiger partial charge in [-0.25, -0.2) is 12.8 Å². The van der Waals surface area contributed by atoms with Gasteiger partial charge in [0.15, 0.2) is 5.82 Å². The third-order valence-corrected chi connectivity index (χ3v) is 4.65. The minimum Gasteiger partial charge on any atom is -0.358 e. The summed E-state index contributed by atoms with van der Waals surface area (Å²) in [4.78, 5) is 0. The van der Waals surface area contributed by atoms with Gasteiger partial charge in [-0.05, 0) is 31.0 Å². The summed E-state index contributed by atoms with van der Waals surface area (Å²) in [5, 5.41) is 3.81. The third-order valence-electron chi connectivity index (χ3n) is 3.41. The van der Waals surface area contributed by atoms with Crippen molar-refractivity contribution in [1.82, 2.24) is 5.16 Å². The van der Waals surface area contributed by atoms with Crippen LogP contribution in [0.3, 0.4) is 0 Å². The smallest absolute Gasteiger partial charge is 0.234 e. The topological polar surface area (TPSA) is 72.2 Å². The molecule has 1 N–H and O–H groups in total. The van der Waals surface area contributed by atoms with Crippen LogP contribution in [0.15, 0.2) is 28.8 Å². The second kappa shape index (κ2) is 6.31. The van der Waals surface area contributed by atoms with Gasteiger partial charge in [-0.15, -0.1) is 0 Å². The van der Waals surface area contributed by atoms with Crippen LogP contribution >= 0.6 is 0 Å². The third kappa shape index (κ3) is 4.54. The fourth-order valence-corrected chi connectivity index (χ4v) is 3.36. The largest absolute Gasteiger partial charge is 0.358 e. The zero-order valence-corrected chi connectivity index (χ0v) is 14.5. The molecule has 0 unspecified atom stereocenters. The summed E-state index contributed by atoms with van der Waals surface area (Å²) in [6.45, 7) is 7.65. The normalized spacial score (nSPS) is 12.4. The summed E-state index contributed by atoms with van der Waals surface area (Å²) in [6, 6.07) is 5.90. The number of nitrogens with zero attached hydrogens (tertiary/aromatic N) is 1. The first-order valence-corrected chi connectivity index (χ1v) is 8.95. The van der Waals surface area contributed by atoms with Crippen LogP contribution in [0.25, 0.3) is 0 Å². The highest BCUT2D eigenvalue weighted by Crippen LogP contribution is 2.30. The average molecular weight is 340 g/mol. The lowest BCUT2D eigenvalue weighted by molar-refractivity contribution is 0.329. The predicted octanol–water partition coefficient (Wildman–Crippen LogP) is 3.40. The van der Waals surface area contributed by atoms with Crippen LogP contribution in [0.4, 0.5) is 10.2 Å². The van der Waals surface area contributed by atoms with E-state index < -0.39 is 10.0 Å². The monoisotopic (exact) mass is 340 g/mol. The van der Waals surface area contributed by atoms with Crippen molar-refractivity contribution in [3.63, 3.8) is 0 Å². The number of benzene rings is 1. The Kier molecular flexibility index (Phi) is 4.79. The lowest BCUT2D eigenvalue weighted by atomic mass is 9.91. The molecule has 0 atom stereocenters. The zero-order chi connectivity index (χ0) is 17.3. The molecule has 2 aromatic rings. The standard InChI is InChI=1S/C16H21FN2O3S/c1-11-14(16(2,3)4)22-18-15(11)19-23(20,21)9-8-12-6-5-7-13(17)10-12/h5-7,10H,8-9H2,1-4H3,(H,18,19). The van der Waals surface area contributed by atoms with E-state index in [1.165, 1.54) is 12.1 Å². The Bertz CT molecular complexity index is 792. The minimum atomic E-state index is -3.60. The highest BCUT2D eigenvalue weighted by Gasteiger charge is 2.26. The molecule has 0 saturated carbocycles. The van der Waals surface area contributed by atoms with E-state index >= 15 is 0 Å². The van der Waals surface area contributed by atoms with E-state index in [0.29, 0.717) is 16.9 Å². The molecule has 0 spiro atoms. The van der Waals surface area contributed by atoms with E-state index in [0.717, 1.165) is 0 Å². The number of hydrogen-bond acceptors (Lipinski definition) is 4. The summed E-state index contributed by atoms with van der Waals surface area (Å²) in [5.41, 5.74) is 1.04. The number of aromatic nitrogens is 1. The van der Waals surface area contributed by atoms with Gasteiger partial charge in [0, 0.05) is 11.0 Å². The summed E-state index contributed by atoms with van der Waals surface area (Å²) in [5.74, 6) is 0.303. The molecule has 126 valence electrons. The molecular formula is C16H21FN2O3S. The van der Waals surface area contributed by atoms with Crippen molar-refractivity contribution < 1.29 is 17.3 Å². The van der Waals surface area contributed by atoms with Crippen molar-refractivity contribution in [1.29, 1.82) is 0 Å². The highest BCUT2D eigenvalue weighted by molar-refractivity contribution is 7.92. The molecule has 0 amide bonds. The number of aryl methyl sites for hydroxylation is 1. The second-order valence-corrected chi connectivity index (χ2v) is 8.38. The van der Waals surface area contributed by atoms with Gasteiger partial charge in [0.1, 0.15) is 11.6 Å². The Balaban J connectivity index is 2.08. The SMILES string of the molecule is Cc1c(NS(=O)(=O)CCc2cccc(F)c2)noc1C(C)(C)C. The van der Waals surface area contributed by atoms with Gasteiger partial charge in [-0.1, -0.05) is 38.1 Å². The molecular weight excluding hydrogens is 319 g/mol. The van der Waals surface area contributed by atoms with Gasteiger partial charge in [0.2, 0.25) is 10.0 Å². The molecule has 0 bridgehead atoms. The molecule has 0 aliphatic heterocycles. The number of anilines is 1. The Morgan fingerprint density at radius 1 is 1.30 bits per heavy atom. The van der Waals surface area contributed by atoms with Crippen LogP contribution in [-0.4, -0.2) is 19.3 Å². The van der Waals surface area contributed by atoms with Gasteiger partial charge in [0.05, 0.1) is 5.75 Å². The first kappa shape index (κ1) is 17.5. The van der Waals surface area contributed by atoms with Crippen LogP contribution in [-0.2, 0) is 21.9 Å². The fraction of sp³-hybridized carbons (Fsp3) is 0.438. The molecule has 5 nitrogen and oxygen atoms in total. The van der Waals surface area contributed by atoms with Gasteiger partial charge in [0.25, 0.3) is 0 Å². The maximum Gasteiger partial charge on any atom is 0.234 e.